The first-order chi connectivity index (χ1) is 9.22. The lowest BCUT2D eigenvalue weighted by atomic mass is 9.76. The first-order valence-electron chi connectivity index (χ1n) is 6.78. The van der Waals surface area contributed by atoms with Crippen molar-refractivity contribution in [3.8, 4) is 12.3 Å². The topological polar surface area (TPSA) is 64.6 Å². The second kappa shape index (κ2) is 6.17. The minimum absolute atomic E-state index is 0.146. The molecule has 5 heteroatoms. The fourth-order valence-electron chi connectivity index (χ4n) is 2.35. The van der Waals surface area contributed by atoms with E-state index in [1.165, 1.54) is 7.11 Å². The van der Waals surface area contributed by atoms with Crippen LogP contribution in [-0.2, 0) is 14.3 Å². The molecule has 0 spiro atoms. The van der Waals surface area contributed by atoms with Crippen molar-refractivity contribution < 1.29 is 19.1 Å². The molecule has 1 amide bonds. The Hall–Kier alpha value is -1.70. The van der Waals surface area contributed by atoms with E-state index in [0.717, 1.165) is 0 Å². The summed E-state index contributed by atoms with van der Waals surface area (Å²) in [5.74, 6) is 2.40. The van der Waals surface area contributed by atoms with Crippen molar-refractivity contribution in [2.24, 2.45) is 5.92 Å². The lowest BCUT2D eigenvalue weighted by molar-refractivity contribution is -0.150. The molecule has 0 atom stereocenters. The quantitative estimate of drug-likeness (QED) is 0.623. The summed E-state index contributed by atoms with van der Waals surface area (Å²) in [4.78, 5) is 24.0. The van der Waals surface area contributed by atoms with Crippen LogP contribution in [-0.4, -0.2) is 30.3 Å². The molecule has 0 radical (unpaired) electrons. The second-order valence-corrected chi connectivity index (χ2v) is 6.14. The minimum Gasteiger partial charge on any atom is -0.467 e. The van der Waals surface area contributed by atoms with Crippen LogP contribution in [0.4, 0.5) is 4.79 Å². The van der Waals surface area contributed by atoms with E-state index in [1.807, 2.05) is 0 Å². The standard InChI is InChI=1S/C15H23NO4/c1-6-11-7-9-15(10-8-11,12(17)19-5)16-13(18)20-14(2,3)4/h1,11H,7-10H2,2-5H3,(H,16,18). The molecule has 0 aromatic rings. The van der Waals surface area contributed by atoms with E-state index >= 15 is 0 Å². The summed E-state index contributed by atoms with van der Waals surface area (Å²) in [6.07, 6.45) is 7.09. The van der Waals surface area contributed by atoms with Crippen LogP contribution in [0, 0.1) is 18.3 Å². The summed E-state index contributed by atoms with van der Waals surface area (Å²) in [7, 11) is 1.31. The number of carbonyl (C=O) groups excluding carboxylic acids is 2. The third kappa shape index (κ3) is 4.16. The van der Waals surface area contributed by atoms with Crippen LogP contribution in [0.15, 0.2) is 0 Å². The van der Waals surface area contributed by atoms with Crippen LogP contribution in [0.5, 0.6) is 0 Å². The van der Waals surface area contributed by atoms with Crippen molar-refractivity contribution in [2.75, 3.05) is 7.11 Å². The highest BCUT2D eigenvalue weighted by Crippen LogP contribution is 2.33. The van der Waals surface area contributed by atoms with Crippen molar-refractivity contribution in [3.05, 3.63) is 0 Å². The van der Waals surface area contributed by atoms with Gasteiger partial charge in [0.1, 0.15) is 11.1 Å². The van der Waals surface area contributed by atoms with Gasteiger partial charge in [0.15, 0.2) is 0 Å². The van der Waals surface area contributed by atoms with Crippen LogP contribution < -0.4 is 5.32 Å². The Bertz CT molecular complexity index is 409. The van der Waals surface area contributed by atoms with Crippen molar-refractivity contribution in [3.63, 3.8) is 0 Å². The van der Waals surface area contributed by atoms with E-state index < -0.39 is 23.2 Å². The molecule has 112 valence electrons. The molecule has 1 aliphatic rings. The number of hydrogen-bond acceptors (Lipinski definition) is 4. The zero-order chi connectivity index (χ0) is 15.4. The minimum atomic E-state index is -1.02. The Balaban J connectivity index is 2.79. The van der Waals surface area contributed by atoms with Gasteiger partial charge in [-0.3, -0.25) is 0 Å². The maximum atomic E-state index is 12.0. The first kappa shape index (κ1) is 16.4. The summed E-state index contributed by atoms with van der Waals surface area (Å²) in [5.41, 5.74) is -1.64. The van der Waals surface area contributed by atoms with Crippen LogP contribution in [0.25, 0.3) is 0 Å². The van der Waals surface area contributed by atoms with Crippen LogP contribution in [0.2, 0.25) is 0 Å². The second-order valence-electron chi connectivity index (χ2n) is 6.14. The first-order valence-corrected chi connectivity index (χ1v) is 6.78. The molecule has 1 saturated carbocycles. The highest BCUT2D eigenvalue weighted by molar-refractivity contribution is 5.86. The zero-order valence-electron chi connectivity index (χ0n) is 12.6. The molecular weight excluding hydrogens is 258 g/mol. The highest BCUT2D eigenvalue weighted by Gasteiger charge is 2.44. The number of alkyl carbamates (subject to hydrolysis) is 1. The van der Waals surface area contributed by atoms with Gasteiger partial charge in [-0.25, -0.2) is 9.59 Å². The molecule has 0 bridgehead atoms. The van der Waals surface area contributed by atoms with E-state index in [4.69, 9.17) is 15.9 Å². The van der Waals surface area contributed by atoms with Crippen molar-refractivity contribution >= 4 is 12.1 Å². The van der Waals surface area contributed by atoms with E-state index in [9.17, 15) is 9.59 Å². The maximum Gasteiger partial charge on any atom is 0.408 e. The summed E-state index contributed by atoms with van der Waals surface area (Å²) in [5, 5.41) is 2.68. The van der Waals surface area contributed by atoms with Gasteiger partial charge in [-0.2, -0.15) is 0 Å². The van der Waals surface area contributed by atoms with Crippen molar-refractivity contribution in [1.29, 1.82) is 0 Å². The molecule has 20 heavy (non-hydrogen) atoms. The van der Waals surface area contributed by atoms with Gasteiger partial charge < -0.3 is 14.8 Å². The Morgan fingerprint density at radius 1 is 1.30 bits per heavy atom. The van der Waals surface area contributed by atoms with E-state index in [0.29, 0.717) is 25.7 Å². The average molecular weight is 281 g/mol. The predicted molar refractivity (Wildman–Crippen MR) is 74.9 cm³/mol. The fraction of sp³-hybridized carbons (Fsp3) is 0.733. The van der Waals surface area contributed by atoms with E-state index in [-0.39, 0.29) is 5.92 Å². The number of rotatable bonds is 2. The number of amides is 1. The number of ether oxygens (including phenoxy) is 2. The summed E-state index contributed by atoms with van der Waals surface area (Å²) >= 11 is 0. The number of esters is 1. The lowest BCUT2D eigenvalue weighted by Gasteiger charge is -2.37. The predicted octanol–water partition coefficient (Wildman–Crippen LogP) is 2.25. The maximum absolute atomic E-state index is 12.0. The molecule has 5 nitrogen and oxygen atoms in total. The largest absolute Gasteiger partial charge is 0.467 e. The summed E-state index contributed by atoms with van der Waals surface area (Å²) in [6, 6.07) is 0. The third-order valence-electron chi connectivity index (χ3n) is 3.39. The Labute approximate surface area is 120 Å². The molecule has 1 aliphatic carbocycles. The fourth-order valence-corrected chi connectivity index (χ4v) is 2.35. The van der Waals surface area contributed by atoms with Gasteiger partial charge in [-0.15, -0.1) is 12.3 Å². The van der Waals surface area contributed by atoms with Crippen LogP contribution in [0.3, 0.4) is 0 Å². The Morgan fingerprint density at radius 2 is 1.85 bits per heavy atom. The van der Waals surface area contributed by atoms with Crippen molar-refractivity contribution in [2.45, 2.75) is 57.6 Å². The summed E-state index contributed by atoms with van der Waals surface area (Å²) < 4.78 is 10.0. The molecule has 1 rings (SSSR count). The van der Waals surface area contributed by atoms with Gasteiger partial charge >= 0.3 is 12.1 Å². The monoisotopic (exact) mass is 281 g/mol. The summed E-state index contributed by atoms with van der Waals surface area (Å²) in [6.45, 7) is 5.31. The molecule has 0 aliphatic heterocycles. The molecule has 0 unspecified atom stereocenters. The number of nitrogens with one attached hydrogen (secondary N) is 1. The van der Waals surface area contributed by atoms with Gasteiger partial charge in [0.25, 0.3) is 0 Å². The lowest BCUT2D eigenvalue weighted by Crippen LogP contribution is -2.57. The van der Waals surface area contributed by atoms with Gasteiger partial charge in [0.2, 0.25) is 0 Å². The molecule has 1 N–H and O–H groups in total. The molecule has 0 saturated heterocycles. The van der Waals surface area contributed by atoms with Gasteiger partial charge in [-0.1, -0.05) is 0 Å². The number of methoxy groups -OCH3 is 1. The number of hydrogen-bond donors (Lipinski definition) is 1. The molecule has 0 heterocycles. The Kier molecular flexibility index (Phi) is 5.04. The normalized spacial score (nSPS) is 26.2. The molecule has 1 fully saturated rings. The van der Waals surface area contributed by atoms with Gasteiger partial charge in [0.05, 0.1) is 7.11 Å². The van der Waals surface area contributed by atoms with Crippen molar-refractivity contribution in [1.82, 2.24) is 5.32 Å². The van der Waals surface area contributed by atoms with E-state index in [2.05, 4.69) is 11.2 Å². The van der Waals surface area contributed by atoms with E-state index in [1.54, 1.807) is 20.8 Å². The van der Waals surface area contributed by atoms with Crippen LogP contribution in [0.1, 0.15) is 46.5 Å². The molecule has 0 aromatic heterocycles. The molecular formula is C15H23NO4. The Morgan fingerprint density at radius 3 is 2.25 bits per heavy atom. The molecule has 0 aromatic carbocycles. The SMILES string of the molecule is C#CC1CCC(NC(=O)OC(C)(C)C)(C(=O)OC)CC1. The number of carbonyl (C=O) groups is 2. The average Bonchev–Trinajstić information content (AvgIpc) is 2.36. The number of terminal acetylenes is 1. The van der Waals surface area contributed by atoms with Gasteiger partial charge in [-0.05, 0) is 46.5 Å². The third-order valence-corrected chi connectivity index (χ3v) is 3.39. The smallest absolute Gasteiger partial charge is 0.408 e. The zero-order valence-corrected chi connectivity index (χ0v) is 12.6. The van der Waals surface area contributed by atoms with Crippen LogP contribution >= 0.6 is 0 Å². The highest BCUT2D eigenvalue weighted by atomic mass is 16.6. The van der Waals surface area contributed by atoms with Gasteiger partial charge in [0, 0.05) is 5.92 Å².